The quantitative estimate of drug-likeness (QED) is 0.669. The van der Waals surface area contributed by atoms with Gasteiger partial charge >= 0.3 is 12.2 Å². The van der Waals surface area contributed by atoms with Gasteiger partial charge in [0.2, 0.25) is 0 Å². The first-order chi connectivity index (χ1) is 15.3. The molecule has 0 spiro atoms. The fraction of sp³-hybridized carbons (Fsp3) is 0.500. The number of rotatable bonds is 6. The second kappa shape index (κ2) is 10.3. The number of anilines is 2. The average molecular weight is 448 g/mol. The minimum absolute atomic E-state index is 0.0454. The van der Waals surface area contributed by atoms with Crippen molar-refractivity contribution in [1.82, 2.24) is 5.32 Å². The van der Waals surface area contributed by atoms with Crippen LogP contribution in [0.3, 0.4) is 0 Å². The Balaban J connectivity index is 1.59. The summed E-state index contributed by atoms with van der Waals surface area (Å²) in [6, 6.07) is 6.11. The number of alkyl carbamates (subject to hydrolysis) is 1. The van der Waals surface area contributed by atoms with Crippen LogP contribution in [-0.4, -0.2) is 57.2 Å². The third kappa shape index (κ3) is 5.66. The molecular weight excluding hydrogens is 422 g/mol. The van der Waals surface area contributed by atoms with Crippen LogP contribution in [0.2, 0.25) is 0 Å². The van der Waals surface area contributed by atoms with Gasteiger partial charge in [-0.25, -0.2) is 18.4 Å². The van der Waals surface area contributed by atoms with Crippen LogP contribution in [0.25, 0.3) is 0 Å². The molecule has 3 rings (SSSR count). The smallest absolute Gasteiger partial charge is 0.414 e. The van der Waals surface area contributed by atoms with Crippen molar-refractivity contribution in [2.45, 2.75) is 32.5 Å². The Hall–Kier alpha value is -3.35. The standard InChI is InChI=1S/C22H26F2N4O4/c1-14(2)13-31-21(29)26-10-17-11-28(22(30)32-17)16-3-4-20(18(23)9-16)27-8-6-15(5-7-25)19(24)12-27/h3-5,9,14,17,19H,6,8,10-13H2,1-2H3,(H,26,29)/b15-5+/t17-,19?/m0/s1. The van der Waals surface area contributed by atoms with Gasteiger partial charge in [-0.1, -0.05) is 13.8 Å². The molecule has 0 saturated carbocycles. The number of amides is 2. The lowest BCUT2D eigenvalue weighted by atomic mass is 10.0. The normalized spacial score (nSPS) is 22.1. The Kier molecular flexibility index (Phi) is 7.51. The van der Waals surface area contributed by atoms with E-state index in [0.717, 1.165) is 0 Å². The predicted octanol–water partition coefficient (Wildman–Crippen LogP) is 3.53. The van der Waals surface area contributed by atoms with Gasteiger partial charge in [-0.3, -0.25) is 4.90 Å². The summed E-state index contributed by atoms with van der Waals surface area (Å²) >= 11 is 0. The largest absolute Gasteiger partial charge is 0.449 e. The predicted molar refractivity (Wildman–Crippen MR) is 114 cm³/mol. The number of nitrogens with zero attached hydrogens (tertiary/aromatic N) is 3. The summed E-state index contributed by atoms with van der Waals surface area (Å²) in [7, 11) is 0. The Bertz CT molecular complexity index is 931. The number of carbonyl (C=O) groups is 2. The number of nitriles is 1. The second-order valence-corrected chi connectivity index (χ2v) is 8.14. The summed E-state index contributed by atoms with van der Waals surface area (Å²) in [5.74, 6) is -0.385. The van der Waals surface area contributed by atoms with Crippen molar-refractivity contribution >= 4 is 23.6 Å². The van der Waals surface area contributed by atoms with Gasteiger partial charge < -0.3 is 19.7 Å². The number of hydrogen-bond acceptors (Lipinski definition) is 6. The van der Waals surface area contributed by atoms with Crippen molar-refractivity contribution in [3.8, 4) is 6.07 Å². The third-order valence-corrected chi connectivity index (χ3v) is 5.18. The molecule has 1 N–H and O–H groups in total. The zero-order chi connectivity index (χ0) is 23.3. The fourth-order valence-corrected chi connectivity index (χ4v) is 3.54. The highest BCUT2D eigenvalue weighted by molar-refractivity contribution is 5.90. The van der Waals surface area contributed by atoms with Crippen molar-refractivity contribution in [3.05, 3.63) is 35.7 Å². The Morgan fingerprint density at radius 2 is 2.22 bits per heavy atom. The maximum atomic E-state index is 14.8. The minimum atomic E-state index is -1.34. The SMILES string of the molecule is CC(C)COC(=O)NC[C@H]1CN(c2ccc(N3CC/C(=C\C#N)C(F)C3)c(F)c2)C(=O)O1. The molecular formula is C22H26F2N4O4. The summed E-state index contributed by atoms with van der Waals surface area (Å²) in [5.41, 5.74) is 0.944. The van der Waals surface area contributed by atoms with Gasteiger partial charge in [-0.15, -0.1) is 0 Å². The molecule has 8 nitrogen and oxygen atoms in total. The van der Waals surface area contributed by atoms with Gasteiger partial charge in [0.05, 0.1) is 43.7 Å². The maximum Gasteiger partial charge on any atom is 0.414 e. The van der Waals surface area contributed by atoms with E-state index in [2.05, 4.69) is 5.32 Å². The molecule has 2 aliphatic heterocycles. The van der Waals surface area contributed by atoms with Crippen LogP contribution in [0.4, 0.5) is 29.7 Å². The van der Waals surface area contributed by atoms with Gasteiger partial charge in [0.1, 0.15) is 18.1 Å². The van der Waals surface area contributed by atoms with Crippen molar-refractivity contribution < 1.29 is 27.8 Å². The third-order valence-electron chi connectivity index (χ3n) is 5.18. The number of piperidine rings is 1. The molecule has 32 heavy (non-hydrogen) atoms. The van der Waals surface area contributed by atoms with Gasteiger partial charge in [-0.2, -0.15) is 5.26 Å². The highest BCUT2D eigenvalue weighted by Gasteiger charge is 2.33. The van der Waals surface area contributed by atoms with Crippen LogP contribution >= 0.6 is 0 Å². The van der Waals surface area contributed by atoms with Crippen LogP contribution in [0.15, 0.2) is 29.8 Å². The number of benzene rings is 1. The summed E-state index contributed by atoms with van der Waals surface area (Å²) in [5, 5.41) is 11.3. The molecule has 10 heteroatoms. The van der Waals surface area contributed by atoms with E-state index < -0.39 is 30.3 Å². The Labute approximate surface area is 185 Å². The lowest BCUT2D eigenvalue weighted by molar-refractivity contribution is 0.118. The number of halogens is 2. The molecule has 1 aromatic carbocycles. The zero-order valence-electron chi connectivity index (χ0n) is 18.0. The summed E-state index contributed by atoms with van der Waals surface area (Å²) in [6.45, 7) is 4.67. The number of nitrogens with one attached hydrogen (secondary N) is 1. The minimum Gasteiger partial charge on any atom is -0.449 e. The molecule has 2 fully saturated rings. The lowest BCUT2D eigenvalue weighted by Gasteiger charge is -2.32. The summed E-state index contributed by atoms with van der Waals surface area (Å²) in [6.07, 6.45) is -1.64. The van der Waals surface area contributed by atoms with Gasteiger partial charge in [-0.05, 0) is 36.1 Å². The Morgan fingerprint density at radius 1 is 1.44 bits per heavy atom. The second-order valence-electron chi connectivity index (χ2n) is 8.14. The van der Waals surface area contributed by atoms with Crippen molar-refractivity contribution in [2.75, 3.05) is 42.6 Å². The summed E-state index contributed by atoms with van der Waals surface area (Å²) in [4.78, 5) is 26.7. The molecule has 0 bridgehead atoms. The van der Waals surface area contributed by atoms with E-state index in [0.29, 0.717) is 24.2 Å². The van der Waals surface area contributed by atoms with Crippen LogP contribution in [0.1, 0.15) is 20.3 Å². The van der Waals surface area contributed by atoms with Gasteiger partial charge in [0.15, 0.2) is 0 Å². The van der Waals surface area contributed by atoms with Crippen molar-refractivity contribution in [2.24, 2.45) is 5.92 Å². The maximum absolute atomic E-state index is 14.8. The molecule has 0 aromatic heterocycles. The van der Waals surface area contributed by atoms with E-state index >= 15 is 0 Å². The monoisotopic (exact) mass is 448 g/mol. The molecule has 0 aliphatic carbocycles. The van der Waals surface area contributed by atoms with Crippen LogP contribution in [0, 0.1) is 23.1 Å². The molecule has 2 atom stereocenters. The van der Waals surface area contributed by atoms with E-state index in [1.165, 1.54) is 23.1 Å². The number of cyclic esters (lactones) is 1. The lowest BCUT2D eigenvalue weighted by Crippen LogP contribution is -2.38. The first kappa shape index (κ1) is 23.3. The van der Waals surface area contributed by atoms with Crippen LogP contribution < -0.4 is 15.1 Å². The molecule has 2 amide bonds. The molecule has 2 heterocycles. The number of alkyl halides is 1. The van der Waals surface area contributed by atoms with Crippen molar-refractivity contribution in [1.29, 1.82) is 5.26 Å². The van der Waals surface area contributed by atoms with Gasteiger partial charge in [0.25, 0.3) is 0 Å². The number of allylic oxidation sites excluding steroid dienone is 1. The first-order valence-corrected chi connectivity index (χ1v) is 10.4. The van der Waals surface area contributed by atoms with Crippen LogP contribution in [-0.2, 0) is 9.47 Å². The average Bonchev–Trinajstić information content (AvgIpc) is 3.13. The van der Waals surface area contributed by atoms with Crippen molar-refractivity contribution in [3.63, 3.8) is 0 Å². The summed E-state index contributed by atoms with van der Waals surface area (Å²) < 4.78 is 39.3. The van der Waals surface area contributed by atoms with Crippen LogP contribution in [0.5, 0.6) is 0 Å². The Morgan fingerprint density at radius 3 is 2.88 bits per heavy atom. The van der Waals surface area contributed by atoms with E-state index in [9.17, 15) is 18.4 Å². The molecule has 2 aliphatic rings. The molecule has 1 aromatic rings. The fourth-order valence-electron chi connectivity index (χ4n) is 3.54. The van der Waals surface area contributed by atoms with E-state index in [4.69, 9.17) is 14.7 Å². The highest BCUT2D eigenvalue weighted by Crippen LogP contribution is 2.31. The van der Waals surface area contributed by atoms with E-state index in [-0.39, 0.29) is 37.8 Å². The molecule has 172 valence electrons. The molecule has 1 unspecified atom stereocenters. The highest BCUT2D eigenvalue weighted by atomic mass is 19.1. The molecule has 2 saturated heterocycles. The van der Waals surface area contributed by atoms with E-state index in [1.54, 1.807) is 11.0 Å². The molecule has 0 radical (unpaired) electrons. The number of ether oxygens (including phenoxy) is 2. The van der Waals surface area contributed by atoms with Gasteiger partial charge in [0, 0.05) is 12.6 Å². The number of carbonyl (C=O) groups excluding carboxylic acids is 2. The topological polar surface area (TPSA) is 94.9 Å². The number of hydrogen-bond donors (Lipinski definition) is 1. The first-order valence-electron chi connectivity index (χ1n) is 10.4. The zero-order valence-corrected chi connectivity index (χ0v) is 18.0. The van der Waals surface area contributed by atoms with E-state index in [1.807, 2.05) is 19.9 Å².